The van der Waals surface area contributed by atoms with Crippen molar-refractivity contribution < 1.29 is 5.11 Å². The van der Waals surface area contributed by atoms with E-state index in [2.05, 4.69) is 17.9 Å². The van der Waals surface area contributed by atoms with Gasteiger partial charge in [-0.05, 0) is 32.0 Å². The largest absolute Gasteiger partial charge is 0.389 e. The quantitative estimate of drug-likeness (QED) is 0.772. The molecular formula is C14H22N2OS. The van der Waals surface area contributed by atoms with E-state index in [0.717, 1.165) is 24.2 Å². The molecule has 0 unspecified atom stereocenters. The van der Waals surface area contributed by atoms with Gasteiger partial charge in [0.1, 0.15) is 4.99 Å². The number of nitrogens with two attached hydrogens (primary N) is 1. The molecular weight excluding hydrogens is 244 g/mol. The summed E-state index contributed by atoms with van der Waals surface area (Å²) in [6, 6.07) is 7.93. The lowest BCUT2D eigenvalue weighted by Crippen LogP contribution is -2.38. The van der Waals surface area contributed by atoms with Crippen molar-refractivity contribution in [2.75, 3.05) is 13.1 Å². The zero-order valence-electron chi connectivity index (χ0n) is 11.3. The summed E-state index contributed by atoms with van der Waals surface area (Å²) in [5.41, 5.74) is 6.99. The van der Waals surface area contributed by atoms with Crippen molar-refractivity contribution in [1.29, 1.82) is 0 Å². The van der Waals surface area contributed by atoms with E-state index in [-0.39, 0.29) is 0 Å². The molecule has 0 radical (unpaired) electrons. The van der Waals surface area contributed by atoms with Gasteiger partial charge >= 0.3 is 0 Å². The van der Waals surface area contributed by atoms with Crippen LogP contribution in [-0.2, 0) is 6.54 Å². The molecule has 0 spiro atoms. The van der Waals surface area contributed by atoms with Crippen LogP contribution in [0.4, 0.5) is 0 Å². The highest BCUT2D eigenvalue weighted by Gasteiger charge is 2.17. The average Bonchev–Trinajstić information content (AvgIpc) is 2.26. The Balaban J connectivity index is 2.76. The number of benzene rings is 1. The number of thiocarbonyl (C=S) groups is 1. The second-order valence-corrected chi connectivity index (χ2v) is 5.62. The molecule has 0 aliphatic rings. The van der Waals surface area contributed by atoms with Crippen LogP contribution >= 0.6 is 12.2 Å². The fourth-order valence-electron chi connectivity index (χ4n) is 1.91. The molecule has 0 fully saturated rings. The van der Waals surface area contributed by atoms with E-state index in [4.69, 9.17) is 18.0 Å². The highest BCUT2D eigenvalue weighted by Crippen LogP contribution is 2.11. The Morgan fingerprint density at radius 1 is 1.44 bits per heavy atom. The molecule has 0 atom stereocenters. The molecule has 0 aromatic heterocycles. The van der Waals surface area contributed by atoms with Gasteiger partial charge in [-0.15, -0.1) is 0 Å². The predicted molar refractivity (Wildman–Crippen MR) is 79.6 cm³/mol. The third kappa shape index (κ3) is 5.12. The Labute approximate surface area is 115 Å². The Morgan fingerprint density at radius 2 is 2.11 bits per heavy atom. The van der Waals surface area contributed by atoms with E-state index in [0.29, 0.717) is 11.5 Å². The number of rotatable bonds is 6. The van der Waals surface area contributed by atoms with Crippen LogP contribution < -0.4 is 5.73 Å². The summed E-state index contributed by atoms with van der Waals surface area (Å²) in [4.78, 5) is 2.61. The van der Waals surface area contributed by atoms with Gasteiger partial charge in [-0.25, -0.2) is 0 Å². The summed E-state index contributed by atoms with van der Waals surface area (Å²) in [6.45, 7) is 8.05. The molecule has 100 valence electrons. The molecule has 0 bridgehead atoms. The van der Waals surface area contributed by atoms with E-state index in [1.807, 2.05) is 32.0 Å². The van der Waals surface area contributed by atoms with Crippen LogP contribution in [0.3, 0.4) is 0 Å². The maximum atomic E-state index is 9.86. The fraction of sp³-hybridized carbons (Fsp3) is 0.500. The summed E-state index contributed by atoms with van der Waals surface area (Å²) >= 11 is 4.98. The number of hydrogen-bond donors (Lipinski definition) is 2. The van der Waals surface area contributed by atoms with Gasteiger partial charge in [0.25, 0.3) is 0 Å². The molecule has 1 aromatic carbocycles. The van der Waals surface area contributed by atoms with E-state index >= 15 is 0 Å². The zero-order chi connectivity index (χ0) is 13.8. The summed E-state index contributed by atoms with van der Waals surface area (Å²) in [5, 5.41) is 9.86. The van der Waals surface area contributed by atoms with E-state index in [1.165, 1.54) is 0 Å². The van der Waals surface area contributed by atoms with Crippen molar-refractivity contribution in [2.45, 2.75) is 32.9 Å². The predicted octanol–water partition coefficient (Wildman–Crippen LogP) is 1.91. The third-order valence-corrected chi connectivity index (χ3v) is 2.91. The maximum Gasteiger partial charge on any atom is 0.103 e. The number of aliphatic hydroxyl groups is 1. The van der Waals surface area contributed by atoms with Gasteiger partial charge < -0.3 is 10.8 Å². The van der Waals surface area contributed by atoms with E-state index in [9.17, 15) is 5.11 Å². The van der Waals surface area contributed by atoms with Crippen molar-refractivity contribution in [3.63, 3.8) is 0 Å². The molecule has 0 heterocycles. The molecule has 0 saturated carbocycles. The molecule has 0 aliphatic carbocycles. The number of likely N-dealkylation sites (N-methyl/N-ethyl adjacent to an activating group) is 1. The Bertz CT molecular complexity index is 413. The van der Waals surface area contributed by atoms with Gasteiger partial charge in [-0.3, -0.25) is 4.90 Å². The third-order valence-electron chi connectivity index (χ3n) is 2.68. The van der Waals surface area contributed by atoms with Gasteiger partial charge in [-0.1, -0.05) is 37.3 Å². The van der Waals surface area contributed by atoms with Crippen molar-refractivity contribution in [1.82, 2.24) is 4.90 Å². The number of nitrogens with zero attached hydrogens (tertiary/aromatic N) is 1. The first-order chi connectivity index (χ1) is 8.31. The molecule has 1 rings (SSSR count). The van der Waals surface area contributed by atoms with Crippen LogP contribution in [0.5, 0.6) is 0 Å². The van der Waals surface area contributed by atoms with Gasteiger partial charge in [-0.2, -0.15) is 0 Å². The van der Waals surface area contributed by atoms with Crippen molar-refractivity contribution in [3.8, 4) is 0 Å². The van der Waals surface area contributed by atoms with Crippen LogP contribution in [0.1, 0.15) is 31.9 Å². The van der Waals surface area contributed by atoms with Crippen LogP contribution in [0, 0.1) is 0 Å². The summed E-state index contributed by atoms with van der Waals surface area (Å²) in [7, 11) is 0. The molecule has 0 aliphatic heterocycles. The van der Waals surface area contributed by atoms with Crippen LogP contribution in [-0.4, -0.2) is 33.7 Å². The highest BCUT2D eigenvalue weighted by atomic mass is 32.1. The van der Waals surface area contributed by atoms with Gasteiger partial charge in [0.15, 0.2) is 0 Å². The van der Waals surface area contributed by atoms with Gasteiger partial charge in [0, 0.05) is 18.7 Å². The minimum absolute atomic E-state index is 0.419. The summed E-state index contributed by atoms with van der Waals surface area (Å²) < 4.78 is 0. The van der Waals surface area contributed by atoms with Crippen LogP contribution in [0.15, 0.2) is 24.3 Å². The lowest BCUT2D eigenvalue weighted by atomic mass is 10.1. The Morgan fingerprint density at radius 3 is 2.61 bits per heavy atom. The Kier molecular flexibility index (Phi) is 5.26. The maximum absolute atomic E-state index is 9.86. The smallest absolute Gasteiger partial charge is 0.103 e. The molecule has 3 nitrogen and oxygen atoms in total. The number of hydrogen-bond acceptors (Lipinski definition) is 3. The zero-order valence-corrected chi connectivity index (χ0v) is 12.1. The summed E-state index contributed by atoms with van der Waals surface area (Å²) in [6.07, 6.45) is 0. The van der Waals surface area contributed by atoms with Crippen molar-refractivity contribution >= 4 is 17.2 Å². The monoisotopic (exact) mass is 266 g/mol. The van der Waals surface area contributed by atoms with Crippen molar-refractivity contribution in [3.05, 3.63) is 35.4 Å². The lowest BCUT2D eigenvalue weighted by molar-refractivity contribution is 0.0353. The first-order valence-electron chi connectivity index (χ1n) is 6.15. The highest BCUT2D eigenvalue weighted by molar-refractivity contribution is 7.80. The van der Waals surface area contributed by atoms with Crippen LogP contribution in [0.25, 0.3) is 0 Å². The second-order valence-electron chi connectivity index (χ2n) is 5.18. The lowest BCUT2D eigenvalue weighted by Gasteiger charge is -2.28. The average molecular weight is 266 g/mol. The van der Waals surface area contributed by atoms with Crippen LogP contribution in [0.2, 0.25) is 0 Å². The molecule has 18 heavy (non-hydrogen) atoms. The van der Waals surface area contributed by atoms with E-state index < -0.39 is 5.60 Å². The van der Waals surface area contributed by atoms with Gasteiger partial charge in [0.2, 0.25) is 0 Å². The first kappa shape index (κ1) is 15.1. The molecule has 0 saturated heterocycles. The summed E-state index contributed by atoms with van der Waals surface area (Å²) in [5.74, 6) is 0. The SMILES string of the molecule is CCN(Cc1cccc(C(N)=S)c1)CC(C)(C)O. The Hall–Kier alpha value is -0.970. The molecule has 3 N–H and O–H groups in total. The standard InChI is InChI=1S/C14H22N2OS/c1-4-16(10-14(2,3)17)9-11-6-5-7-12(8-11)13(15)18/h5-8,17H,4,9-10H2,1-3H3,(H2,15,18). The molecule has 4 heteroatoms. The second kappa shape index (κ2) is 6.27. The molecule has 0 amide bonds. The minimum Gasteiger partial charge on any atom is -0.389 e. The van der Waals surface area contributed by atoms with Gasteiger partial charge in [0.05, 0.1) is 5.60 Å². The van der Waals surface area contributed by atoms with Crippen molar-refractivity contribution in [2.24, 2.45) is 5.73 Å². The topological polar surface area (TPSA) is 49.5 Å². The minimum atomic E-state index is -0.684. The van der Waals surface area contributed by atoms with E-state index in [1.54, 1.807) is 0 Å². The molecule has 1 aromatic rings. The first-order valence-corrected chi connectivity index (χ1v) is 6.56. The fourth-order valence-corrected chi connectivity index (χ4v) is 2.03. The normalized spacial score (nSPS) is 11.8.